The van der Waals surface area contributed by atoms with Gasteiger partial charge in [-0.15, -0.1) is 0 Å². The fourth-order valence-corrected chi connectivity index (χ4v) is 3.94. The molecule has 0 fully saturated rings. The van der Waals surface area contributed by atoms with Crippen molar-refractivity contribution in [2.75, 3.05) is 32.0 Å². The van der Waals surface area contributed by atoms with Crippen molar-refractivity contribution in [3.05, 3.63) is 59.8 Å². The average Bonchev–Trinajstić information content (AvgIpc) is 3.27. The molecule has 1 aromatic heterocycles. The van der Waals surface area contributed by atoms with Crippen LogP contribution >= 0.6 is 0 Å². The first-order valence-electron chi connectivity index (χ1n) is 10.3. The highest BCUT2D eigenvalue weighted by atomic mass is 19.4. The topological polar surface area (TPSA) is 86.6 Å². The lowest BCUT2D eigenvalue weighted by Crippen LogP contribution is -2.35. The average molecular weight is 476 g/mol. The van der Waals surface area contributed by atoms with Gasteiger partial charge >= 0.3 is 6.18 Å². The smallest absolute Gasteiger partial charge is 0.410 e. The van der Waals surface area contributed by atoms with Gasteiger partial charge in [0, 0.05) is 30.3 Å². The van der Waals surface area contributed by atoms with E-state index in [1.165, 1.54) is 39.5 Å². The Labute approximate surface area is 193 Å². The molecular weight excluding hydrogens is 453 g/mol. The molecule has 1 aliphatic heterocycles. The van der Waals surface area contributed by atoms with E-state index in [1.54, 1.807) is 30.3 Å². The fourth-order valence-electron chi connectivity index (χ4n) is 3.94. The molecule has 0 unspecified atom stereocenters. The molecule has 2 aromatic carbocycles. The predicted molar refractivity (Wildman–Crippen MR) is 119 cm³/mol. The number of fused-ring (bicyclic) bond motifs is 1. The molecule has 0 saturated heterocycles. The number of benzene rings is 2. The molecule has 180 valence electrons. The van der Waals surface area contributed by atoms with E-state index in [0.717, 1.165) is 4.68 Å². The number of hydrogen-bond donors (Lipinski definition) is 2. The molecule has 0 radical (unpaired) electrons. The van der Waals surface area contributed by atoms with Crippen molar-refractivity contribution >= 4 is 17.4 Å². The highest BCUT2D eigenvalue weighted by molar-refractivity contribution is 6.03. The Morgan fingerprint density at radius 3 is 2.26 bits per heavy atom. The Balaban J connectivity index is 1.64. The van der Waals surface area contributed by atoms with Gasteiger partial charge in [-0.3, -0.25) is 4.79 Å². The number of hydrogen-bond acceptors (Lipinski definition) is 6. The molecule has 0 spiro atoms. The van der Waals surface area contributed by atoms with Gasteiger partial charge in [-0.25, -0.2) is 4.68 Å². The van der Waals surface area contributed by atoms with Crippen LogP contribution in [0.2, 0.25) is 0 Å². The number of anilines is 2. The molecule has 0 aliphatic carbocycles. The minimum Gasteiger partial charge on any atom is -0.493 e. The van der Waals surface area contributed by atoms with E-state index < -0.39 is 24.2 Å². The summed E-state index contributed by atoms with van der Waals surface area (Å²) in [6.45, 7) is 0. The molecule has 4 rings (SSSR count). The van der Waals surface area contributed by atoms with Crippen LogP contribution in [0, 0.1) is 0 Å². The van der Waals surface area contributed by atoms with Crippen LogP contribution in [0.3, 0.4) is 0 Å². The lowest BCUT2D eigenvalue weighted by atomic mass is 9.97. The summed E-state index contributed by atoms with van der Waals surface area (Å²) < 4.78 is 58.2. The van der Waals surface area contributed by atoms with Crippen molar-refractivity contribution in [3.63, 3.8) is 0 Å². The number of amides is 1. The maximum atomic E-state index is 13.9. The fraction of sp³-hybridized carbons (Fsp3) is 0.304. The lowest BCUT2D eigenvalue weighted by molar-refractivity contribution is -0.173. The summed E-state index contributed by atoms with van der Waals surface area (Å²) in [5.41, 5.74) is 0.847. The summed E-state index contributed by atoms with van der Waals surface area (Å²) in [4.78, 5) is 12.9. The van der Waals surface area contributed by atoms with Gasteiger partial charge in [0.2, 0.25) is 5.75 Å². The molecule has 2 atom stereocenters. The summed E-state index contributed by atoms with van der Waals surface area (Å²) >= 11 is 0. The largest absolute Gasteiger partial charge is 0.493 e. The van der Waals surface area contributed by atoms with E-state index >= 15 is 0 Å². The number of halogens is 3. The molecule has 8 nitrogen and oxygen atoms in total. The van der Waals surface area contributed by atoms with Crippen molar-refractivity contribution in [1.82, 2.24) is 9.78 Å². The van der Waals surface area contributed by atoms with Gasteiger partial charge < -0.3 is 24.8 Å². The maximum Gasteiger partial charge on any atom is 0.410 e. The number of alkyl halides is 3. The number of nitrogens with one attached hydrogen (secondary N) is 2. The second-order valence-corrected chi connectivity index (χ2v) is 7.63. The van der Waals surface area contributed by atoms with Crippen LogP contribution in [0.25, 0.3) is 0 Å². The van der Waals surface area contributed by atoms with Crippen LogP contribution in [0.4, 0.5) is 24.7 Å². The Bertz CT molecular complexity index is 1160. The molecule has 0 bridgehead atoms. The number of ether oxygens (including phenoxy) is 3. The highest BCUT2D eigenvalue weighted by Crippen LogP contribution is 2.44. The number of carbonyl (C=O) groups excluding carboxylic acids is 1. The summed E-state index contributed by atoms with van der Waals surface area (Å²) in [5.74, 6) is 0.383. The van der Waals surface area contributed by atoms with Crippen LogP contribution in [-0.2, 0) is 0 Å². The SMILES string of the molecule is COc1cc(NC(=O)c2cc3n(n2)[C@@H](C(F)(F)F)C[C@H](c2ccccc2)N3)cc(OC)c1OC. The zero-order chi connectivity index (χ0) is 24.5. The van der Waals surface area contributed by atoms with E-state index in [0.29, 0.717) is 28.5 Å². The zero-order valence-electron chi connectivity index (χ0n) is 18.6. The van der Waals surface area contributed by atoms with Gasteiger partial charge in [-0.2, -0.15) is 18.3 Å². The summed E-state index contributed by atoms with van der Waals surface area (Å²) in [5, 5.41) is 9.67. The number of aromatic nitrogens is 2. The maximum absolute atomic E-state index is 13.9. The van der Waals surface area contributed by atoms with E-state index in [1.807, 2.05) is 0 Å². The van der Waals surface area contributed by atoms with Gasteiger partial charge in [-0.1, -0.05) is 30.3 Å². The van der Waals surface area contributed by atoms with Crippen LogP contribution in [-0.4, -0.2) is 43.2 Å². The molecule has 1 aliphatic rings. The molecule has 2 N–H and O–H groups in total. The first-order chi connectivity index (χ1) is 16.2. The monoisotopic (exact) mass is 476 g/mol. The van der Waals surface area contributed by atoms with Crippen LogP contribution < -0.4 is 24.8 Å². The normalized spacial score (nSPS) is 17.4. The second-order valence-electron chi connectivity index (χ2n) is 7.63. The zero-order valence-corrected chi connectivity index (χ0v) is 18.6. The Hall–Kier alpha value is -3.89. The standard InChI is InChI=1S/C23H23F3N4O4/c1-32-17-9-14(10-18(33-2)21(17)34-3)27-22(31)16-12-20-28-15(13-7-5-4-6-8-13)11-19(23(24,25)26)30(20)29-16/h4-10,12,15,19,28H,11H2,1-3H3,(H,27,31)/t15-,19-/m1/s1. The van der Waals surface area contributed by atoms with Gasteiger partial charge in [0.05, 0.1) is 27.4 Å². The van der Waals surface area contributed by atoms with Crippen LogP contribution in [0.1, 0.15) is 34.6 Å². The minimum absolute atomic E-state index is 0.109. The Morgan fingerprint density at radius 2 is 1.71 bits per heavy atom. The van der Waals surface area contributed by atoms with Crippen LogP contribution in [0.15, 0.2) is 48.5 Å². The summed E-state index contributed by atoms with van der Waals surface area (Å²) in [6.07, 6.45) is -4.80. The van der Waals surface area contributed by atoms with E-state index in [2.05, 4.69) is 15.7 Å². The summed E-state index contributed by atoms with van der Waals surface area (Å²) in [6, 6.07) is 10.7. The highest BCUT2D eigenvalue weighted by Gasteiger charge is 2.46. The number of nitrogens with zero attached hydrogens (tertiary/aromatic N) is 2. The first-order valence-corrected chi connectivity index (χ1v) is 10.3. The summed E-state index contributed by atoms with van der Waals surface area (Å²) in [7, 11) is 4.30. The molecule has 1 amide bonds. The second kappa shape index (κ2) is 9.16. The minimum atomic E-state index is -4.54. The number of carbonyl (C=O) groups is 1. The van der Waals surface area contributed by atoms with Gasteiger partial charge in [0.15, 0.2) is 23.2 Å². The van der Waals surface area contributed by atoms with Crippen LogP contribution in [0.5, 0.6) is 17.2 Å². The molecular formula is C23H23F3N4O4. The van der Waals surface area contributed by atoms with Crippen molar-refractivity contribution in [2.24, 2.45) is 0 Å². The Kier molecular flexibility index (Phi) is 6.27. The van der Waals surface area contributed by atoms with Crippen molar-refractivity contribution in [3.8, 4) is 17.2 Å². The third-order valence-corrected chi connectivity index (χ3v) is 5.55. The van der Waals surface area contributed by atoms with Gasteiger partial charge in [0.25, 0.3) is 5.91 Å². The van der Waals surface area contributed by atoms with E-state index in [9.17, 15) is 18.0 Å². The quantitative estimate of drug-likeness (QED) is 0.531. The van der Waals surface area contributed by atoms with Crippen molar-refractivity contribution in [2.45, 2.75) is 24.7 Å². The van der Waals surface area contributed by atoms with E-state index in [4.69, 9.17) is 14.2 Å². The molecule has 34 heavy (non-hydrogen) atoms. The molecule has 3 aromatic rings. The predicted octanol–water partition coefficient (Wildman–Crippen LogP) is 4.82. The molecule has 2 heterocycles. The molecule has 0 saturated carbocycles. The Morgan fingerprint density at radius 1 is 1.06 bits per heavy atom. The van der Waals surface area contributed by atoms with Gasteiger partial charge in [0.1, 0.15) is 5.82 Å². The van der Waals surface area contributed by atoms with E-state index in [-0.39, 0.29) is 17.9 Å². The number of rotatable bonds is 6. The first kappa shape index (κ1) is 23.3. The lowest BCUT2D eigenvalue weighted by Gasteiger charge is -2.33. The van der Waals surface area contributed by atoms with Crippen molar-refractivity contribution in [1.29, 1.82) is 0 Å². The third-order valence-electron chi connectivity index (χ3n) is 5.55. The van der Waals surface area contributed by atoms with Crippen molar-refractivity contribution < 1.29 is 32.2 Å². The van der Waals surface area contributed by atoms with Gasteiger partial charge in [-0.05, 0) is 5.56 Å². The number of methoxy groups -OCH3 is 3. The third kappa shape index (κ3) is 4.45. The molecule has 11 heteroatoms.